The van der Waals surface area contributed by atoms with Gasteiger partial charge >= 0.3 is 0 Å². The van der Waals surface area contributed by atoms with Crippen molar-refractivity contribution in [2.75, 3.05) is 38.1 Å². The Morgan fingerprint density at radius 1 is 1.19 bits per heavy atom. The van der Waals surface area contributed by atoms with Gasteiger partial charge in [-0.25, -0.2) is 4.98 Å². The van der Waals surface area contributed by atoms with Crippen molar-refractivity contribution in [3.63, 3.8) is 0 Å². The molecule has 2 unspecified atom stereocenters. The number of hydrogen-bond acceptors (Lipinski definition) is 5. The van der Waals surface area contributed by atoms with Gasteiger partial charge in [-0.3, -0.25) is 4.79 Å². The lowest BCUT2D eigenvalue weighted by atomic mass is 10.1. The summed E-state index contributed by atoms with van der Waals surface area (Å²) >= 11 is 0. The maximum atomic E-state index is 12.1. The van der Waals surface area contributed by atoms with Crippen molar-refractivity contribution in [2.24, 2.45) is 11.7 Å². The quantitative estimate of drug-likeness (QED) is 0.768. The van der Waals surface area contributed by atoms with E-state index in [0.29, 0.717) is 6.54 Å². The van der Waals surface area contributed by atoms with Gasteiger partial charge in [0.1, 0.15) is 5.82 Å². The molecule has 2 heterocycles. The molecular formula is C17H30Cl3N5O. The molecule has 0 bridgehead atoms. The first kappa shape index (κ1) is 25.2. The maximum absolute atomic E-state index is 12.1. The molecule has 6 nitrogen and oxygen atoms in total. The Kier molecular flexibility index (Phi) is 11.5. The second-order valence-electron chi connectivity index (χ2n) is 6.80. The van der Waals surface area contributed by atoms with E-state index >= 15 is 0 Å². The number of piperazine rings is 1. The maximum Gasteiger partial charge on any atom is 0.223 e. The molecule has 3 rings (SSSR count). The Bertz CT molecular complexity index is 538. The highest BCUT2D eigenvalue weighted by atomic mass is 35.5. The predicted molar refractivity (Wildman–Crippen MR) is 113 cm³/mol. The third-order valence-electron chi connectivity index (χ3n) is 4.95. The SMILES string of the molecule is CN1CCN(c2ccc(CNC(=O)C3CCC(N)C3)cn2)CC1.Cl.Cl.Cl. The van der Waals surface area contributed by atoms with Gasteiger partial charge in [0, 0.05) is 50.9 Å². The van der Waals surface area contributed by atoms with Crippen LogP contribution in [0.15, 0.2) is 18.3 Å². The number of amides is 1. The van der Waals surface area contributed by atoms with Crippen molar-refractivity contribution in [3.8, 4) is 0 Å². The van der Waals surface area contributed by atoms with Gasteiger partial charge in [0.2, 0.25) is 5.91 Å². The largest absolute Gasteiger partial charge is 0.354 e. The second-order valence-corrected chi connectivity index (χ2v) is 6.80. The van der Waals surface area contributed by atoms with E-state index in [1.54, 1.807) is 0 Å². The second kappa shape index (κ2) is 11.8. The highest BCUT2D eigenvalue weighted by Crippen LogP contribution is 2.24. The topological polar surface area (TPSA) is 74.5 Å². The van der Waals surface area contributed by atoms with E-state index in [9.17, 15) is 4.79 Å². The predicted octanol–water partition coefficient (Wildman–Crippen LogP) is 1.84. The number of nitrogens with two attached hydrogens (primary N) is 1. The number of likely N-dealkylation sites (N-methyl/N-ethyl adjacent to an activating group) is 1. The molecule has 2 fully saturated rings. The van der Waals surface area contributed by atoms with Gasteiger partial charge < -0.3 is 20.9 Å². The van der Waals surface area contributed by atoms with Crippen LogP contribution in [0.1, 0.15) is 24.8 Å². The summed E-state index contributed by atoms with van der Waals surface area (Å²) < 4.78 is 0. The molecule has 0 radical (unpaired) electrons. The number of carbonyl (C=O) groups excluding carboxylic acids is 1. The number of hydrogen-bond donors (Lipinski definition) is 2. The number of pyridine rings is 1. The van der Waals surface area contributed by atoms with Gasteiger partial charge in [0.25, 0.3) is 0 Å². The van der Waals surface area contributed by atoms with E-state index in [1.165, 1.54) is 0 Å². The van der Waals surface area contributed by atoms with Gasteiger partial charge in [-0.05, 0) is 37.9 Å². The number of halogens is 3. The third kappa shape index (κ3) is 6.74. The number of anilines is 1. The summed E-state index contributed by atoms with van der Waals surface area (Å²) in [6.07, 6.45) is 4.55. The molecule has 2 aliphatic rings. The molecule has 1 aromatic rings. The molecule has 0 spiro atoms. The first-order valence-corrected chi connectivity index (χ1v) is 8.53. The molecule has 9 heteroatoms. The number of nitrogens with zero attached hydrogens (tertiary/aromatic N) is 3. The van der Waals surface area contributed by atoms with Crippen molar-refractivity contribution < 1.29 is 4.79 Å². The highest BCUT2D eigenvalue weighted by Gasteiger charge is 2.27. The van der Waals surface area contributed by atoms with Crippen LogP contribution in [0.4, 0.5) is 5.82 Å². The summed E-state index contributed by atoms with van der Waals surface area (Å²) in [5, 5.41) is 3.01. The molecule has 26 heavy (non-hydrogen) atoms. The van der Waals surface area contributed by atoms with Gasteiger partial charge in [-0.1, -0.05) is 6.07 Å². The number of rotatable bonds is 4. The summed E-state index contributed by atoms with van der Waals surface area (Å²) in [7, 11) is 2.15. The normalized spacial score (nSPS) is 22.6. The van der Waals surface area contributed by atoms with Crippen LogP contribution in [0, 0.1) is 5.92 Å². The van der Waals surface area contributed by atoms with E-state index in [1.807, 2.05) is 6.20 Å². The smallest absolute Gasteiger partial charge is 0.223 e. The molecule has 150 valence electrons. The Hall–Kier alpha value is -0.790. The zero-order valence-corrected chi connectivity index (χ0v) is 17.5. The van der Waals surface area contributed by atoms with Crippen molar-refractivity contribution in [1.82, 2.24) is 15.2 Å². The number of nitrogens with one attached hydrogen (secondary N) is 1. The van der Waals surface area contributed by atoms with Gasteiger partial charge in [-0.15, -0.1) is 37.2 Å². The number of aromatic nitrogens is 1. The first-order valence-electron chi connectivity index (χ1n) is 8.53. The minimum atomic E-state index is 0. The van der Waals surface area contributed by atoms with Crippen LogP contribution < -0.4 is 16.0 Å². The Balaban J connectivity index is 0.00000208. The van der Waals surface area contributed by atoms with E-state index in [2.05, 4.69) is 39.3 Å². The summed E-state index contributed by atoms with van der Waals surface area (Å²) in [4.78, 5) is 21.3. The van der Waals surface area contributed by atoms with Crippen LogP contribution in [0.2, 0.25) is 0 Å². The third-order valence-corrected chi connectivity index (χ3v) is 4.95. The van der Waals surface area contributed by atoms with Crippen LogP contribution in [-0.4, -0.2) is 55.1 Å². The van der Waals surface area contributed by atoms with E-state index in [4.69, 9.17) is 5.73 Å². The average molecular weight is 427 g/mol. The van der Waals surface area contributed by atoms with Crippen molar-refractivity contribution in [2.45, 2.75) is 31.8 Å². The summed E-state index contributed by atoms with van der Waals surface area (Å²) in [6, 6.07) is 4.30. The Morgan fingerprint density at radius 3 is 2.42 bits per heavy atom. The monoisotopic (exact) mass is 425 g/mol. The summed E-state index contributed by atoms with van der Waals surface area (Å²) in [6.45, 7) is 4.72. The lowest BCUT2D eigenvalue weighted by Crippen LogP contribution is -2.44. The zero-order chi connectivity index (χ0) is 16.2. The molecule has 0 aromatic carbocycles. The molecular weight excluding hydrogens is 397 g/mol. The lowest BCUT2D eigenvalue weighted by molar-refractivity contribution is -0.125. The fraction of sp³-hybridized carbons (Fsp3) is 0.647. The van der Waals surface area contributed by atoms with Crippen LogP contribution >= 0.6 is 37.2 Å². The van der Waals surface area contributed by atoms with Crippen LogP contribution in [0.5, 0.6) is 0 Å². The fourth-order valence-electron chi connectivity index (χ4n) is 3.33. The van der Waals surface area contributed by atoms with E-state index in [0.717, 1.165) is 56.8 Å². The number of carbonyl (C=O) groups is 1. The average Bonchev–Trinajstić information content (AvgIpc) is 3.00. The van der Waals surface area contributed by atoms with Crippen molar-refractivity contribution in [3.05, 3.63) is 23.9 Å². The van der Waals surface area contributed by atoms with Gasteiger partial charge in [-0.2, -0.15) is 0 Å². The molecule has 1 aromatic heterocycles. The van der Waals surface area contributed by atoms with Crippen LogP contribution in [-0.2, 0) is 11.3 Å². The van der Waals surface area contributed by atoms with Crippen molar-refractivity contribution >= 4 is 48.9 Å². The van der Waals surface area contributed by atoms with E-state index < -0.39 is 0 Å². The molecule has 1 amide bonds. The van der Waals surface area contributed by atoms with Gasteiger partial charge in [0.05, 0.1) is 0 Å². The zero-order valence-electron chi connectivity index (χ0n) is 15.1. The minimum Gasteiger partial charge on any atom is -0.354 e. The summed E-state index contributed by atoms with van der Waals surface area (Å²) in [5.74, 6) is 1.23. The molecule has 1 aliphatic heterocycles. The molecule has 1 aliphatic carbocycles. The fourth-order valence-corrected chi connectivity index (χ4v) is 3.33. The molecule has 3 N–H and O–H groups in total. The Morgan fingerprint density at radius 2 is 1.88 bits per heavy atom. The van der Waals surface area contributed by atoms with Crippen molar-refractivity contribution in [1.29, 1.82) is 0 Å². The molecule has 1 saturated carbocycles. The minimum absolute atomic E-state index is 0. The van der Waals surface area contributed by atoms with Crippen LogP contribution in [0.3, 0.4) is 0 Å². The standard InChI is InChI=1S/C17H27N5O.3ClH/c1-21-6-8-22(9-7-21)16-5-2-13(11-19-16)12-20-17(23)14-3-4-15(18)10-14;;;/h2,5,11,14-15H,3-4,6-10,12,18H2,1H3,(H,20,23);3*1H. The molecule has 1 saturated heterocycles. The van der Waals surface area contributed by atoms with E-state index in [-0.39, 0.29) is 55.1 Å². The Labute approximate surface area is 174 Å². The highest BCUT2D eigenvalue weighted by molar-refractivity contribution is 5.86. The first-order chi connectivity index (χ1) is 11.1. The lowest BCUT2D eigenvalue weighted by Gasteiger charge is -2.33. The van der Waals surface area contributed by atoms with Gasteiger partial charge in [0.15, 0.2) is 0 Å². The molecule has 2 atom stereocenters. The van der Waals surface area contributed by atoms with Crippen LogP contribution in [0.25, 0.3) is 0 Å². The summed E-state index contributed by atoms with van der Waals surface area (Å²) in [5.41, 5.74) is 6.91.